The smallest absolute Gasteiger partial charge is 0.169 e. The van der Waals surface area contributed by atoms with Gasteiger partial charge >= 0.3 is 0 Å². The molecule has 0 bridgehead atoms. The number of piperidine rings is 1. The van der Waals surface area contributed by atoms with E-state index in [2.05, 4.69) is 26.3 Å². The minimum absolute atomic E-state index is 0.0678. The zero-order valence-corrected chi connectivity index (χ0v) is 22.7. The Labute approximate surface area is 232 Å². The lowest BCUT2D eigenvalue weighted by Crippen LogP contribution is -2.40. The summed E-state index contributed by atoms with van der Waals surface area (Å²) in [6.45, 7) is 3.66. The quantitative estimate of drug-likeness (QED) is 0.249. The Balaban J connectivity index is 1.44. The lowest BCUT2D eigenvalue weighted by atomic mass is 9.98. The van der Waals surface area contributed by atoms with Crippen LogP contribution in [0.15, 0.2) is 54.9 Å². The van der Waals surface area contributed by atoms with Crippen molar-refractivity contribution in [2.45, 2.75) is 38.6 Å². The molecule has 1 saturated carbocycles. The SMILES string of the molecule is Cc1c(Cl)cc(-c2ccc3ncc(C(=O)C4CC4)c(Nc4ccnc(N5CCC(N)CC5)c4)c3c2)cc1Cl. The van der Waals surface area contributed by atoms with E-state index in [-0.39, 0.29) is 17.7 Å². The number of nitrogens with one attached hydrogen (secondary N) is 1. The van der Waals surface area contributed by atoms with E-state index in [0.717, 1.165) is 83.6 Å². The number of ketones is 1. The summed E-state index contributed by atoms with van der Waals surface area (Å²) in [5.41, 5.74) is 11.8. The Morgan fingerprint density at radius 3 is 2.42 bits per heavy atom. The number of benzene rings is 2. The molecule has 4 aromatic rings. The summed E-state index contributed by atoms with van der Waals surface area (Å²) in [4.78, 5) is 24.9. The third kappa shape index (κ3) is 4.96. The van der Waals surface area contributed by atoms with Crippen LogP contribution < -0.4 is 16.0 Å². The first-order valence-electron chi connectivity index (χ1n) is 13.0. The van der Waals surface area contributed by atoms with E-state index >= 15 is 0 Å². The molecule has 0 unspecified atom stereocenters. The van der Waals surface area contributed by atoms with Crippen LogP contribution >= 0.6 is 23.2 Å². The molecule has 1 aliphatic heterocycles. The minimum Gasteiger partial charge on any atom is -0.356 e. The maximum absolute atomic E-state index is 13.3. The maximum Gasteiger partial charge on any atom is 0.169 e. The molecule has 2 aromatic heterocycles. The topological polar surface area (TPSA) is 84.1 Å². The van der Waals surface area contributed by atoms with Crippen LogP contribution in [0.25, 0.3) is 22.0 Å². The van der Waals surface area contributed by atoms with Crippen LogP contribution in [0.3, 0.4) is 0 Å². The fourth-order valence-electron chi connectivity index (χ4n) is 5.01. The van der Waals surface area contributed by atoms with Crippen molar-refractivity contribution >= 4 is 57.1 Å². The molecule has 38 heavy (non-hydrogen) atoms. The Morgan fingerprint density at radius 2 is 1.71 bits per heavy atom. The molecule has 6 nitrogen and oxygen atoms in total. The van der Waals surface area contributed by atoms with E-state index in [1.807, 2.05) is 43.3 Å². The van der Waals surface area contributed by atoms with Gasteiger partial charge in [-0.15, -0.1) is 0 Å². The minimum atomic E-state index is 0.0678. The summed E-state index contributed by atoms with van der Waals surface area (Å²) in [5, 5.41) is 5.67. The van der Waals surface area contributed by atoms with Gasteiger partial charge in [-0.2, -0.15) is 0 Å². The monoisotopic (exact) mass is 545 g/mol. The Hall–Kier alpha value is -3.19. The molecule has 3 heterocycles. The summed E-state index contributed by atoms with van der Waals surface area (Å²) in [6.07, 6.45) is 7.26. The second kappa shape index (κ2) is 10.2. The van der Waals surface area contributed by atoms with Crippen molar-refractivity contribution in [2.24, 2.45) is 11.7 Å². The molecule has 1 aliphatic carbocycles. The van der Waals surface area contributed by atoms with Crippen molar-refractivity contribution in [1.29, 1.82) is 0 Å². The first-order valence-corrected chi connectivity index (χ1v) is 13.8. The summed E-state index contributed by atoms with van der Waals surface area (Å²) in [7, 11) is 0. The van der Waals surface area contributed by atoms with Gasteiger partial charge in [0.1, 0.15) is 5.82 Å². The summed E-state index contributed by atoms with van der Waals surface area (Å²) in [5.74, 6) is 1.10. The van der Waals surface area contributed by atoms with Gasteiger partial charge in [0, 0.05) is 64.6 Å². The first kappa shape index (κ1) is 25.1. The van der Waals surface area contributed by atoms with E-state index in [1.54, 1.807) is 12.4 Å². The highest BCUT2D eigenvalue weighted by Gasteiger charge is 2.32. The number of fused-ring (bicyclic) bond motifs is 1. The van der Waals surface area contributed by atoms with Crippen molar-refractivity contribution in [3.63, 3.8) is 0 Å². The van der Waals surface area contributed by atoms with Crippen molar-refractivity contribution < 1.29 is 4.79 Å². The van der Waals surface area contributed by atoms with Crippen LogP contribution in [0.4, 0.5) is 17.2 Å². The third-order valence-corrected chi connectivity index (χ3v) is 8.36. The maximum atomic E-state index is 13.3. The van der Waals surface area contributed by atoms with E-state index in [1.165, 1.54) is 0 Å². The van der Waals surface area contributed by atoms with Crippen molar-refractivity contribution in [3.05, 3.63) is 76.0 Å². The number of halogens is 2. The fourth-order valence-corrected chi connectivity index (χ4v) is 5.50. The highest BCUT2D eigenvalue weighted by atomic mass is 35.5. The molecule has 0 amide bonds. The van der Waals surface area contributed by atoms with Crippen molar-refractivity contribution in [2.75, 3.05) is 23.3 Å². The van der Waals surface area contributed by atoms with Crippen LogP contribution in [-0.4, -0.2) is 34.9 Å². The van der Waals surface area contributed by atoms with Crippen LogP contribution in [0.5, 0.6) is 0 Å². The van der Waals surface area contributed by atoms with Gasteiger partial charge in [0.2, 0.25) is 0 Å². The molecule has 0 radical (unpaired) electrons. The normalized spacial score (nSPS) is 16.2. The summed E-state index contributed by atoms with van der Waals surface area (Å²) < 4.78 is 0. The van der Waals surface area contributed by atoms with Gasteiger partial charge < -0.3 is 16.0 Å². The van der Waals surface area contributed by atoms with Crippen molar-refractivity contribution in [3.8, 4) is 11.1 Å². The van der Waals surface area contributed by atoms with Gasteiger partial charge in [0.15, 0.2) is 5.78 Å². The van der Waals surface area contributed by atoms with Crippen LogP contribution in [0.1, 0.15) is 41.6 Å². The van der Waals surface area contributed by atoms with Crippen LogP contribution in [0.2, 0.25) is 10.0 Å². The number of carbonyl (C=O) groups is 1. The number of aromatic nitrogens is 2. The Morgan fingerprint density at radius 1 is 0.974 bits per heavy atom. The van der Waals surface area contributed by atoms with Gasteiger partial charge in [-0.25, -0.2) is 4.98 Å². The molecule has 2 aromatic carbocycles. The van der Waals surface area contributed by atoms with Gasteiger partial charge in [0.05, 0.1) is 16.8 Å². The number of nitrogens with zero attached hydrogens (tertiary/aromatic N) is 3. The molecule has 0 spiro atoms. The van der Waals surface area contributed by atoms with Crippen LogP contribution in [0, 0.1) is 12.8 Å². The van der Waals surface area contributed by atoms with Gasteiger partial charge in [0.25, 0.3) is 0 Å². The lowest BCUT2D eigenvalue weighted by Gasteiger charge is -2.31. The predicted molar refractivity (Wildman–Crippen MR) is 156 cm³/mol. The van der Waals surface area contributed by atoms with Crippen molar-refractivity contribution in [1.82, 2.24) is 9.97 Å². The Bertz CT molecular complexity index is 1520. The standard InChI is InChI=1S/C30H29Cl2N5O/c1-17-25(31)13-20(14-26(17)32)19-4-5-27-23(12-19)29(24(16-35-27)30(38)18-2-3-18)36-22-6-9-34-28(15-22)37-10-7-21(33)8-11-37/h4-6,9,12-16,18,21H,2-3,7-8,10-11,33H2,1H3,(H,34,35,36). The zero-order valence-electron chi connectivity index (χ0n) is 21.2. The number of carbonyl (C=O) groups excluding carboxylic acids is 1. The van der Waals surface area contributed by atoms with E-state index in [0.29, 0.717) is 15.6 Å². The molecule has 0 atom stereocenters. The second-order valence-corrected chi connectivity index (χ2v) is 11.1. The highest BCUT2D eigenvalue weighted by molar-refractivity contribution is 6.36. The predicted octanol–water partition coefficient (Wildman–Crippen LogP) is 7.18. The molecule has 6 rings (SSSR count). The van der Waals surface area contributed by atoms with Gasteiger partial charge in [-0.05, 0) is 79.6 Å². The molecule has 8 heteroatoms. The molecular weight excluding hydrogens is 517 g/mol. The molecule has 1 saturated heterocycles. The fraction of sp³-hybridized carbons (Fsp3) is 0.300. The van der Waals surface area contributed by atoms with Gasteiger partial charge in [-0.1, -0.05) is 29.3 Å². The molecular formula is C30H29Cl2N5O. The highest BCUT2D eigenvalue weighted by Crippen LogP contribution is 2.39. The number of hydrogen-bond donors (Lipinski definition) is 2. The van der Waals surface area contributed by atoms with E-state index in [4.69, 9.17) is 28.9 Å². The number of pyridine rings is 2. The largest absolute Gasteiger partial charge is 0.356 e. The molecule has 3 N–H and O–H groups in total. The number of nitrogens with two attached hydrogens (primary N) is 1. The average molecular weight is 547 g/mol. The molecule has 194 valence electrons. The number of anilines is 3. The van der Waals surface area contributed by atoms with E-state index < -0.39 is 0 Å². The van der Waals surface area contributed by atoms with Gasteiger partial charge in [-0.3, -0.25) is 9.78 Å². The van der Waals surface area contributed by atoms with Crippen LogP contribution in [-0.2, 0) is 0 Å². The second-order valence-electron chi connectivity index (χ2n) is 10.3. The number of Topliss-reactive ketones (excluding diaryl/α,β-unsaturated/α-hetero) is 1. The lowest BCUT2D eigenvalue weighted by molar-refractivity contribution is 0.0968. The summed E-state index contributed by atoms with van der Waals surface area (Å²) >= 11 is 12.9. The number of hydrogen-bond acceptors (Lipinski definition) is 6. The average Bonchev–Trinajstić information content (AvgIpc) is 3.77. The first-order chi connectivity index (χ1) is 18.4. The molecule has 2 fully saturated rings. The summed E-state index contributed by atoms with van der Waals surface area (Å²) in [6, 6.07) is 14.1. The number of rotatable bonds is 6. The Kier molecular flexibility index (Phi) is 6.72. The zero-order chi connectivity index (χ0) is 26.4. The molecule has 2 aliphatic rings. The third-order valence-electron chi connectivity index (χ3n) is 7.57. The van der Waals surface area contributed by atoms with E-state index in [9.17, 15) is 4.79 Å².